The highest BCUT2D eigenvalue weighted by Gasteiger charge is 2.62. The van der Waals surface area contributed by atoms with E-state index in [0.717, 1.165) is 32.1 Å². The van der Waals surface area contributed by atoms with Gasteiger partial charge in [-0.1, -0.05) is 41.5 Å². The van der Waals surface area contributed by atoms with E-state index in [0.29, 0.717) is 19.3 Å². The molecule has 5 fully saturated rings. The van der Waals surface area contributed by atoms with Gasteiger partial charge < -0.3 is 48.5 Å². The van der Waals surface area contributed by atoms with Crippen molar-refractivity contribution in [2.75, 3.05) is 20.8 Å². The van der Waals surface area contributed by atoms with Gasteiger partial charge in [0.2, 0.25) is 0 Å². The predicted octanol–water partition coefficient (Wildman–Crippen LogP) is 4.93. The summed E-state index contributed by atoms with van der Waals surface area (Å²) in [6.45, 7) is 16.1. The van der Waals surface area contributed by atoms with Crippen molar-refractivity contribution >= 4 is 5.97 Å². The van der Waals surface area contributed by atoms with Gasteiger partial charge in [-0.05, 0) is 64.2 Å². The molecule has 0 aromatic carbocycles. The molecule has 11 nitrogen and oxygen atoms in total. The number of methoxy groups -OCH3 is 2. The fourth-order valence-corrected chi connectivity index (χ4v) is 10.2. The molecule has 0 aromatic rings. The summed E-state index contributed by atoms with van der Waals surface area (Å²) in [4.78, 5) is 11.8. The van der Waals surface area contributed by atoms with Crippen molar-refractivity contribution in [3.05, 3.63) is 0 Å². The molecular formula is C37H64O11. The van der Waals surface area contributed by atoms with Gasteiger partial charge in [-0.15, -0.1) is 0 Å². The largest absolute Gasteiger partial charge is 0.481 e. The van der Waals surface area contributed by atoms with Crippen LogP contribution >= 0.6 is 0 Å². The Morgan fingerprint density at radius 3 is 2.31 bits per heavy atom. The van der Waals surface area contributed by atoms with Crippen LogP contribution in [0.15, 0.2) is 0 Å². The van der Waals surface area contributed by atoms with Crippen LogP contribution in [-0.2, 0) is 38.0 Å². The van der Waals surface area contributed by atoms with Gasteiger partial charge in [0, 0.05) is 44.8 Å². The molecule has 0 bridgehead atoms. The van der Waals surface area contributed by atoms with E-state index >= 15 is 0 Å². The number of carboxylic acid groups (broad SMARTS) is 1. The molecule has 0 radical (unpaired) electrons. The lowest BCUT2D eigenvalue weighted by molar-refractivity contribution is -0.337. The number of carbonyl (C=O) groups is 1. The number of aliphatic hydroxyl groups is 2. The highest BCUT2D eigenvalue weighted by atomic mass is 16.7. The molecule has 0 aromatic heterocycles. The van der Waals surface area contributed by atoms with Crippen LogP contribution in [0, 0.1) is 35.5 Å². The van der Waals surface area contributed by atoms with Gasteiger partial charge in [0.15, 0.2) is 11.6 Å². The first-order chi connectivity index (χ1) is 22.5. The van der Waals surface area contributed by atoms with Crippen LogP contribution in [0.5, 0.6) is 0 Å². The molecule has 5 saturated heterocycles. The molecule has 1 spiro atoms. The molecule has 48 heavy (non-hydrogen) atoms. The molecule has 5 rings (SSSR count). The normalized spacial score (nSPS) is 50.1. The van der Waals surface area contributed by atoms with Crippen LogP contribution in [-0.4, -0.2) is 108 Å². The minimum absolute atomic E-state index is 0.0652. The summed E-state index contributed by atoms with van der Waals surface area (Å²) in [7, 11) is 3.13. The Balaban J connectivity index is 1.29. The Kier molecular flexibility index (Phi) is 11.4. The first kappa shape index (κ1) is 38.3. The molecule has 0 saturated carbocycles. The second-order valence-electron chi connectivity index (χ2n) is 16.5. The predicted molar refractivity (Wildman–Crippen MR) is 177 cm³/mol. The minimum Gasteiger partial charge on any atom is -0.481 e. The van der Waals surface area contributed by atoms with Gasteiger partial charge >= 0.3 is 5.97 Å². The van der Waals surface area contributed by atoms with Gasteiger partial charge in [-0.25, -0.2) is 0 Å². The van der Waals surface area contributed by atoms with E-state index in [1.165, 1.54) is 7.11 Å². The van der Waals surface area contributed by atoms with E-state index in [4.69, 9.17) is 33.2 Å². The van der Waals surface area contributed by atoms with Gasteiger partial charge in [0.1, 0.15) is 0 Å². The number of hydrogen-bond donors (Lipinski definition) is 3. The Morgan fingerprint density at radius 2 is 1.71 bits per heavy atom. The second kappa shape index (κ2) is 14.3. The Bertz CT molecular complexity index is 1120. The van der Waals surface area contributed by atoms with Crippen molar-refractivity contribution in [3.8, 4) is 0 Å². The number of hydrogen-bond acceptors (Lipinski definition) is 10. The molecule has 2 unspecified atom stereocenters. The van der Waals surface area contributed by atoms with Crippen LogP contribution in [0.25, 0.3) is 0 Å². The molecule has 5 aliphatic rings. The standard InChI is InChI=1S/C37H64O11/c1-11-35(32-21(3)17-27(44-32)29-20(2)16-22(4)37(19-38,43-10)47-29)13-12-28(45-35)34(8)14-15-36(48-34)18-26(39)23(5)31(46-36)24(6)30(42-9)25(7)33(40)41/h20-32,38-39H,11-19H2,1-10H3,(H,40,41)/t20-,21-,22+,23+,24-,25-,26-,27+,28+,29-,30+,31?,32+,34-,35-,36?,37-/m0/s1. The van der Waals surface area contributed by atoms with Gasteiger partial charge in [-0.3, -0.25) is 4.79 Å². The third-order valence-electron chi connectivity index (χ3n) is 13.4. The van der Waals surface area contributed by atoms with Crippen molar-refractivity contribution in [1.82, 2.24) is 0 Å². The second-order valence-corrected chi connectivity index (χ2v) is 16.5. The van der Waals surface area contributed by atoms with E-state index in [9.17, 15) is 20.1 Å². The summed E-state index contributed by atoms with van der Waals surface area (Å²) in [5, 5.41) is 31.2. The van der Waals surface area contributed by atoms with Gasteiger partial charge in [0.05, 0.1) is 66.5 Å². The maximum atomic E-state index is 11.8. The molecule has 0 amide bonds. The summed E-state index contributed by atoms with van der Waals surface area (Å²) in [5.41, 5.74) is -1.10. The molecule has 278 valence electrons. The van der Waals surface area contributed by atoms with Crippen LogP contribution in [0.3, 0.4) is 0 Å². The lowest BCUT2D eigenvalue weighted by Gasteiger charge is -2.49. The van der Waals surface area contributed by atoms with Crippen molar-refractivity contribution in [1.29, 1.82) is 0 Å². The van der Waals surface area contributed by atoms with E-state index in [-0.39, 0.29) is 60.6 Å². The van der Waals surface area contributed by atoms with Gasteiger partial charge in [-0.2, -0.15) is 0 Å². The van der Waals surface area contributed by atoms with E-state index < -0.39 is 53.0 Å². The highest BCUT2D eigenvalue weighted by Crippen LogP contribution is 2.55. The van der Waals surface area contributed by atoms with E-state index in [2.05, 4.69) is 34.6 Å². The Morgan fingerprint density at radius 1 is 1.00 bits per heavy atom. The van der Waals surface area contributed by atoms with Crippen LogP contribution in [0.1, 0.15) is 107 Å². The zero-order valence-corrected chi connectivity index (χ0v) is 31.0. The number of carboxylic acids is 1. The zero-order chi connectivity index (χ0) is 35.4. The Hall–Kier alpha value is -0.890. The van der Waals surface area contributed by atoms with Gasteiger partial charge in [0.25, 0.3) is 0 Å². The van der Waals surface area contributed by atoms with Crippen molar-refractivity contribution in [3.63, 3.8) is 0 Å². The average Bonchev–Trinajstić information content (AvgIpc) is 3.76. The topological polar surface area (TPSA) is 142 Å². The third-order valence-corrected chi connectivity index (χ3v) is 13.4. The quantitative estimate of drug-likeness (QED) is 0.273. The van der Waals surface area contributed by atoms with Crippen molar-refractivity contribution in [2.24, 2.45) is 35.5 Å². The summed E-state index contributed by atoms with van der Waals surface area (Å²) < 4.78 is 45.7. The number of aliphatic hydroxyl groups excluding tert-OH is 2. The first-order valence-electron chi connectivity index (χ1n) is 18.5. The lowest BCUT2D eigenvalue weighted by Crippen LogP contribution is -2.57. The fraction of sp³-hybridized carbons (Fsp3) is 0.973. The zero-order valence-electron chi connectivity index (χ0n) is 31.0. The lowest BCUT2D eigenvalue weighted by atomic mass is 9.78. The smallest absolute Gasteiger partial charge is 0.308 e. The fourth-order valence-electron chi connectivity index (χ4n) is 10.2. The molecule has 17 atom stereocenters. The molecule has 5 aliphatic heterocycles. The number of ether oxygens (including phenoxy) is 7. The SMILES string of the molecule is CC[C@@]1([C@@H]2O[C@@H]([C@H]3O[C@](CO)(OC)[C@H](C)C[C@@H]3C)C[C@@H]2C)CC[C@H]([C@]2(C)CCC3(C[C@H](O)[C@@H](C)C([C@@H](C)[C@@H](OC)[C@H](C)C(=O)O)O3)O2)O1. The molecule has 5 heterocycles. The number of aliphatic carboxylic acids is 1. The highest BCUT2D eigenvalue weighted by molar-refractivity contribution is 5.70. The van der Waals surface area contributed by atoms with Crippen LogP contribution < -0.4 is 0 Å². The van der Waals surface area contributed by atoms with Crippen LogP contribution in [0.2, 0.25) is 0 Å². The summed E-state index contributed by atoms with van der Waals surface area (Å²) >= 11 is 0. The molecule has 11 heteroatoms. The van der Waals surface area contributed by atoms with Crippen molar-refractivity contribution < 1.29 is 53.3 Å². The van der Waals surface area contributed by atoms with Crippen molar-refractivity contribution in [2.45, 2.75) is 172 Å². The Labute approximate surface area is 287 Å². The monoisotopic (exact) mass is 684 g/mol. The third kappa shape index (κ3) is 6.62. The van der Waals surface area contributed by atoms with E-state index in [1.54, 1.807) is 14.0 Å². The summed E-state index contributed by atoms with van der Waals surface area (Å²) in [6.07, 6.45) is 3.59. The maximum absolute atomic E-state index is 11.8. The molecule has 0 aliphatic carbocycles. The number of rotatable bonds is 11. The van der Waals surface area contributed by atoms with E-state index in [1.807, 2.05) is 13.8 Å². The molecule has 3 N–H and O–H groups in total. The van der Waals surface area contributed by atoms with Crippen LogP contribution in [0.4, 0.5) is 0 Å². The minimum atomic E-state index is -1.02. The molecular weight excluding hydrogens is 620 g/mol. The summed E-state index contributed by atoms with van der Waals surface area (Å²) in [5.74, 6) is -3.59. The maximum Gasteiger partial charge on any atom is 0.308 e. The summed E-state index contributed by atoms with van der Waals surface area (Å²) in [6, 6.07) is 0. The first-order valence-corrected chi connectivity index (χ1v) is 18.5. The average molecular weight is 685 g/mol.